The van der Waals surface area contributed by atoms with Gasteiger partial charge < -0.3 is 33.2 Å². The third-order valence-electron chi connectivity index (χ3n) is 10.9. The lowest BCUT2D eigenvalue weighted by Gasteiger charge is -2.38. The molecule has 0 saturated carbocycles. The number of fused-ring (bicyclic) bond motifs is 12. The zero-order chi connectivity index (χ0) is 39.2. The van der Waals surface area contributed by atoms with Crippen LogP contribution in [0.5, 0.6) is 11.5 Å². The van der Waals surface area contributed by atoms with Crippen molar-refractivity contribution >= 4 is 11.9 Å². The average molecular weight is 765 g/mol. The summed E-state index contributed by atoms with van der Waals surface area (Å²) in [5.74, 6) is -0.347. The third-order valence-corrected chi connectivity index (χ3v) is 10.9. The molecule has 4 heterocycles. The van der Waals surface area contributed by atoms with E-state index < -0.39 is 35.0 Å². The molecule has 0 saturated heterocycles. The fourth-order valence-corrected chi connectivity index (χ4v) is 8.40. The van der Waals surface area contributed by atoms with E-state index in [4.69, 9.17) is 33.2 Å². The van der Waals surface area contributed by atoms with Gasteiger partial charge in [-0.15, -0.1) is 0 Å². The molecule has 5 aromatic carbocycles. The largest absolute Gasteiger partial charge is 0.490 e. The minimum atomic E-state index is -1.15. The van der Waals surface area contributed by atoms with Crippen LogP contribution in [-0.4, -0.2) is 51.6 Å². The molecule has 0 fully saturated rings. The van der Waals surface area contributed by atoms with Gasteiger partial charge in [0.2, 0.25) is 0 Å². The molecule has 9 heteroatoms. The number of allylic oxidation sites excluding steroid dienone is 2. The van der Waals surface area contributed by atoms with E-state index in [9.17, 15) is 9.59 Å². The molecule has 5 aromatic rings. The zero-order valence-corrected chi connectivity index (χ0v) is 31.9. The van der Waals surface area contributed by atoms with Gasteiger partial charge in [-0.25, -0.2) is 9.59 Å². The van der Waals surface area contributed by atoms with Gasteiger partial charge >= 0.3 is 11.9 Å². The molecule has 4 aliphatic heterocycles. The Morgan fingerprint density at radius 1 is 0.421 bits per heavy atom. The molecule has 0 aliphatic carbocycles. The molecule has 9 nitrogen and oxygen atoms in total. The van der Waals surface area contributed by atoms with Crippen LogP contribution in [0, 0.1) is 11.8 Å². The van der Waals surface area contributed by atoms with Crippen LogP contribution in [0.25, 0.3) is 0 Å². The highest BCUT2D eigenvalue weighted by atomic mass is 16.6. The van der Waals surface area contributed by atoms with Gasteiger partial charge in [-0.1, -0.05) is 121 Å². The Morgan fingerprint density at radius 3 is 1.04 bits per heavy atom. The summed E-state index contributed by atoms with van der Waals surface area (Å²) in [6, 6.07) is 46.5. The first kappa shape index (κ1) is 37.6. The Morgan fingerprint density at radius 2 is 0.719 bits per heavy atom. The number of carbonyl (C=O) groups is 2. The number of carbonyl (C=O) groups excluding carboxylic acids is 2. The first-order chi connectivity index (χ1) is 27.9. The number of rotatable bonds is 4. The SMILES string of the molecule is CC1=C2C(=O)OCCOc3ccc(cc3)OCCOC(=O)C3=C(C)OC(c4ccccc4)(c4ccccc4)C3COCC2C(c2ccccc2)(c2ccccc2)O1. The monoisotopic (exact) mass is 764 g/mol. The molecule has 0 spiro atoms. The van der Waals surface area contributed by atoms with Gasteiger partial charge in [0.1, 0.15) is 49.4 Å². The quantitative estimate of drug-likeness (QED) is 0.168. The third kappa shape index (κ3) is 7.15. The number of esters is 2. The second-order valence-corrected chi connectivity index (χ2v) is 14.2. The summed E-state index contributed by atoms with van der Waals surface area (Å²) in [4.78, 5) is 28.5. The minimum absolute atomic E-state index is 0.00802. The molecule has 9 rings (SSSR count). The number of hydrogen-bond acceptors (Lipinski definition) is 9. The molecule has 2 unspecified atom stereocenters. The zero-order valence-electron chi connectivity index (χ0n) is 31.9. The van der Waals surface area contributed by atoms with E-state index in [-0.39, 0.29) is 39.6 Å². The summed E-state index contributed by atoms with van der Waals surface area (Å²) >= 11 is 0. The Bertz CT molecular complexity index is 1990. The summed E-state index contributed by atoms with van der Waals surface area (Å²) in [6.45, 7) is 3.92. The summed E-state index contributed by atoms with van der Waals surface area (Å²) in [7, 11) is 0. The van der Waals surface area contributed by atoms with Crippen LogP contribution >= 0.6 is 0 Å². The highest BCUT2D eigenvalue weighted by Crippen LogP contribution is 2.54. The normalized spacial score (nSPS) is 21.0. The average Bonchev–Trinajstić information content (AvgIpc) is 3.73. The lowest BCUT2D eigenvalue weighted by atomic mass is 9.73. The Kier molecular flexibility index (Phi) is 10.8. The van der Waals surface area contributed by atoms with Crippen molar-refractivity contribution in [3.63, 3.8) is 0 Å². The maximum Gasteiger partial charge on any atom is 0.338 e. The minimum Gasteiger partial charge on any atom is -0.490 e. The number of benzene rings is 5. The van der Waals surface area contributed by atoms with E-state index in [1.165, 1.54) is 0 Å². The van der Waals surface area contributed by atoms with Crippen molar-refractivity contribution in [2.24, 2.45) is 11.8 Å². The van der Waals surface area contributed by atoms with E-state index in [0.717, 1.165) is 22.3 Å². The number of hydrogen-bond donors (Lipinski definition) is 0. The molecule has 0 amide bonds. The summed E-state index contributed by atoms with van der Waals surface area (Å²) in [5.41, 5.74) is 1.81. The van der Waals surface area contributed by atoms with E-state index in [2.05, 4.69) is 0 Å². The van der Waals surface area contributed by atoms with Crippen LogP contribution in [-0.2, 0) is 44.5 Å². The molecular weight excluding hydrogens is 721 g/mol. The molecule has 290 valence electrons. The summed E-state index contributed by atoms with van der Waals surface area (Å²) < 4.78 is 44.3. The van der Waals surface area contributed by atoms with Crippen molar-refractivity contribution in [3.05, 3.63) is 191 Å². The van der Waals surface area contributed by atoms with Crippen LogP contribution in [0.2, 0.25) is 0 Å². The molecule has 2 bridgehead atoms. The molecule has 0 N–H and O–H groups in total. The summed E-state index contributed by atoms with van der Waals surface area (Å²) in [6.07, 6.45) is 0. The van der Waals surface area contributed by atoms with Gasteiger partial charge in [-0.2, -0.15) is 0 Å². The van der Waals surface area contributed by atoms with E-state index in [1.807, 2.05) is 121 Å². The van der Waals surface area contributed by atoms with Crippen molar-refractivity contribution in [2.45, 2.75) is 25.0 Å². The molecule has 2 atom stereocenters. The van der Waals surface area contributed by atoms with Crippen LogP contribution < -0.4 is 9.47 Å². The first-order valence-corrected chi connectivity index (χ1v) is 19.2. The van der Waals surface area contributed by atoms with Crippen LogP contribution in [0.3, 0.4) is 0 Å². The van der Waals surface area contributed by atoms with Gasteiger partial charge in [0, 0.05) is 22.3 Å². The van der Waals surface area contributed by atoms with Crippen LogP contribution in [0.15, 0.2) is 168 Å². The van der Waals surface area contributed by atoms with Crippen LogP contribution in [0.1, 0.15) is 36.1 Å². The molecule has 0 aromatic heterocycles. The van der Waals surface area contributed by atoms with Crippen molar-refractivity contribution < 1.29 is 42.7 Å². The fourth-order valence-electron chi connectivity index (χ4n) is 8.40. The Labute approximate surface area is 332 Å². The van der Waals surface area contributed by atoms with Crippen molar-refractivity contribution in [1.29, 1.82) is 0 Å². The van der Waals surface area contributed by atoms with Crippen LogP contribution in [0.4, 0.5) is 0 Å². The molecule has 0 radical (unpaired) electrons. The molecule has 4 aliphatic rings. The van der Waals surface area contributed by atoms with E-state index in [1.54, 1.807) is 38.1 Å². The lowest BCUT2D eigenvalue weighted by Crippen LogP contribution is -2.42. The Hall–Kier alpha value is -6.32. The van der Waals surface area contributed by atoms with Gasteiger partial charge in [0.25, 0.3) is 0 Å². The number of ether oxygens (including phenoxy) is 7. The fraction of sp³-hybridized carbons (Fsp3) is 0.250. The molecular formula is C48H44O9. The highest BCUT2D eigenvalue weighted by Gasteiger charge is 2.56. The predicted octanol–water partition coefficient (Wildman–Crippen LogP) is 8.29. The van der Waals surface area contributed by atoms with Gasteiger partial charge in [-0.3, -0.25) is 0 Å². The smallest absolute Gasteiger partial charge is 0.338 e. The maximum atomic E-state index is 14.3. The van der Waals surface area contributed by atoms with E-state index in [0.29, 0.717) is 34.2 Å². The molecule has 57 heavy (non-hydrogen) atoms. The van der Waals surface area contributed by atoms with Gasteiger partial charge in [0.05, 0.1) is 36.2 Å². The maximum absolute atomic E-state index is 14.3. The highest BCUT2D eigenvalue weighted by molar-refractivity contribution is 5.91. The predicted molar refractivity (Wildman–Crippen MR) is 212 cm³/mol. The first-order valence-electron chi connectivity index (χ1n) is 19.2. The lowest BCUT2D eigenvalue weighted by molar-refractivity contribution is -0.141. The Balaban J connectivity index is 1.23. The van der Waals surface area contributed by atoms with Crippen molar-refractivity contribution in [1.82, 2.24) is 0 Å². The van der Waals surface area contributed by atoms with Crippen molar-refractivity contribution in [2.75, 3.05) is 39.6 Å². The second-order valence-electron chi connectivity index (χ2n) is 14.2. The van der Waals surface area contributed by atoms with Gasteiger partial charge in [0.15, 0.2) is 11.2 Å². The van der Waals surface area contributed by atoms with Crippen molar-refractivity contribution in [3.8, 4) is 11.5 Å². The standard InChI is InChI=1S/C48H44O9/c1-33-43-41(47(56-33,35-15-7-3-8-16-35)36-17-9-4-10-18-36)31-51-32-42-44(34(2)57-48(42,37-19-11-5-12-20-37)38-21-13-6-14-22-38)46(50)55-30-28-53-40-25-23-39(24-26-40)52-27-29-54-45(43)49/h3-26,41-42H,27-32H2,1-2H3. The summed E-state index contributed by atoms with van der Waals surface area (Å²) in [5, 5.41) is 0. The topological polar surface area (TPSA) is 98.8 Å². The second kappa shape index (κ2) is 16.4. The van der Waals surface area contributed by atoms with Gasteiger partial charge in [-0.05, 0) is 38.1 Å². The van der Waals surface area contributed by atoms with E-state index >= 15 is 0 Å².